The second-order valence-electron chi connectivity index (χ2n) is 1.33. The van der Waals surface area contributed by atoms with Gasteiger partial charge >= 0.3 is 0 Å². The molecule has 1 aromatic heterocycles. The standard InChI is InChI=1S/C3H5ClN4/c1-8-6-3(2-4)5-7-8/h2H2,1H3. The summed E-state index contributed by atoms with van der Waals surface area (Å²) in [5.41, 5.74) is 0. The Morgan fingerprint density at radius 1 is 1.75 bits per heavy atom. The highest BCUT2D eigenvalue weighted by Gasteiger charge is 1.93. The average Bonchev–Trinajstić information content (AvgIpc) is 2.14. The van der Waals surface area contributed by atoms with E-state index >= 15 is 0 Å². The predicted molar refractivity (Wildman–Crippen MR) is 28.4 cm³/mol. The van der Waals surface area contributed by atoms with Crippen LogP contribution in [0.5, 0.6) is 0 Å². The van der Waals surface area contributed by atoms with Crippen LogP contribution in [0.1, 0.15) is 5.82 Å². The summed E-state index contributed by atoms with van der Waals surface area (Å²) in [5, 5.41) is 11.0. The number of aromatic nitrogens is 4. The number of nitrogens with zero attached hydrogens (tertiary/aromatic N) is 4. The fourth-order valence-corrected chi connectivity index (χ4v) is 0.484. The molecule has 0 spiro atoms. The highest BCUT2D eigenvalue weighted by Crippen LogP contribution is 1.88. The number of hydrogen-bond acceptors (Lipinski definition) is 3. The summed E-state index contributed by atoms with van der Waals surface area (Å²) in [6, 6.07) is 0. The van der Waals surface area contributed by atoms with Gasteiger partial charge in [-0.1, -0.05) is 0 Å². The third-order valence-corrected chi connectivity index (χ3v) is 0.908. The zero-order chi connectivity index (χ0) is 5.98. The molecule has 0 fully saturated rings. The van der Waals surface area contributed by atoms with Crippen LogP contribution in [0.2, 0.25) is 0 Å². The van der Waals surface area contributed by atoms with E-state index in [2.05, 4.69) is 15.4 Å². The number of aryl methyl sites for hydroxylation is 1. The third-order valence-electron chi connectivity index (χ3n) is 0.669. The Labute approximate surface area is 51.4 Å². The first-order valence-corrected chi connectivity index (χ1v) is 2.65. The van der Waals surface area contributed by atoms with Crippen molar-refractivity contribution in [2.45, 2.75) is 5.88 Å². The van der Waals surface area contributed by atoms with Gasteiger partial charge in [0, 0.05) is 0 Å². The molecule has 0 amide bonds. The van der Waals surface area contributed by atoms with Gasteiger partial charge < -0.3 is 0 Å². The zero-order valence-corrected chi connectivity index (χ0v) is 5.13. The molecule has 0 saturated heterocycles. The monoisotopic (exact) mass is 132 g/mol. The molecule has 8 heavy (non-hydrogen) atoms. The van der Waals surface area contributed by atoms with Crippen molar-refractivity contribution >= 4 is 11.6 Å². The van der Waals surface area contributed by atoms with Crippen molar-refractivity contribution in [1.82, 2.24) is 20.2 Å². The van der Waals surface area contributed by atoms with Crippen molar-refractivity contribution in [3.05, 3.63) is 5.82 Å². The zero-order valence-electron chi connectivity index (χ0n) is 4.37. The smallest absolute Gasteiger partial charge is 0.167 e. The molecule has 0 saturated carbocycles. The number of halogens is 1. The summed E-state index contributed by atoms with van der Waals surface area (Å²) < 4.78 is 0. The van der Waals surface area contributed by atoms with Crippen molar-refractivity contribution in [1.29, 1.82) is 0 Å². The lowest BCUT2D eigenvalue weighted by atomic mass is 10.8. The van der Waals surface area contributed by atoms with Crippen LogP contribution in [-0.2, 0) is 12.9 Å². The maximum atomic E-state index is 5.36. The van der Waals surface area contributed by atoms with Crippen LogP contribution < -0.4 is 0 Å². The van der Waals surface area contributed by atoms with Crippen LogP contribution in [0.4, 0.5) is 0 Å². The number of hydrogen-bond donors (Lipinski definition) is 0. The number of rotatable bonds is 1. The van der Waals surface area contributed by atoms with Crippen LogP contribution in [-0.4, -0.2) is 20.2 Å². The molecule has 1 heterocycles. The second-order valence-corrected chi connectivity index (χ2v) is 1.60. The van der Waals surface area contributed by atoms with Gasteiger partial charge in [-0.05, 0) is 5.21 Å². The Bertz CT molecular complexity index is 172. The molecule has 1 rings (SSSR count). The molecular weight excluding hydrogens is 128 g/mol. The first-order chi connectivity index (χ1) is 3.83. The van der Waals surface area contributed by atoms with E-state index in [9.17, 15) is 0 Å². The molecule has 44 valence electrons. The fraction of sp³-hybridized carbons (Fsp3) is 0.667. The lowest BCUT2D eigenvalue weighted by molar-refractivity contribution is 0.628. The van der Waals surface area contributed by atoms with E-state index in [0.29, 0.717) is 11.7 Å². The second kappa shape index (κ2) is 2.09. The van der Waals surface area contributed by atoms with Crippen LogP contribution in [0.3, 0.4) is 0 Å². The minimum Gasteiger partial charge on any atom is -0.167 e. The third kappa shape index (κ3) is 0.949. The van der Waals surface area contributed by atoms with Crippen LogP contribution in [0, 0.1) is 0 Å². The van der Waals surface area contributed by atoms with Crippen LogP contribution in [0.15, 0.2) is 0 Å². The minimum absolute atomic E-state index is 0.327. The molecule has 0 atom stereocenters. The Hall–Kier alpha value is -0.640. The van der Waals surface area contributed by atoms with Gasteiger partial charge in [0.05, 0.1) is 12.9 Å². The van der Waals surface area contributed by atoms with E-state index in [4.69, 9.17) is 11.6 Å². The highest BCUT2D eigenvalue weighted by atomic mass is 35.5. The molecule has 0 N–H and O–H groups in total. The van der Waals surface area contributed by atoms with Gasteiger partial charge in [0.15, 0.2) is 5.82 Å². The number of alkyl halides is 1. The van der Waals surface area contributed by atoms with Gasteiger partial charge in [-0.25, -0.2) is 0 Å². The lowest BCUT2D eigenvalue weighted by Crippen LogP contribution is -1.92. The minimum atomic E-state index is 0.327. The first kappa shape index (κ1) is 5.50. The molecule has 4 nitrogen and oxygen atoms in total. The quantitative estimate of drug-likeness (QED) is 0.504. The maximum absolute atomic E-state index is 5.36. The molecule has 0 aromatic carbocycles. The molecule has 0 unspecified atom stereocenters. The van der Waals surface area contributed by atoms with Crippen molar-refractivity contribution in [3.63, 3.8) is 0 Å². The van der Waals surface area contributed by atoms with Gasteiger partial charge in [0.1, 0.15) is 0 Å². The Balaban J connectivity index is 2.84. The lowest BCUT2D eigenvalue weighted by Gasteiger charge is -1.76. The molecule has 0 aliphatic rings. The largest absolute Gasteiger partial charge is 0.189 e. The summed E-state index contributed by atoms with van der Waals surface area (Å²) in [7, 11) is 1.70. The van der Waals surface area contributed by atoms with Gasteiger partial charge in [0.25, 0.3) is 0 Å². The maximum Gasteiger partial charge on any atom is 0.189 e. The van der Waals surface area contributed by atoms with Crippen molar-refractivity contribution in [3.8, 4) is 0 Å². The van der Waals surface area contributed by atoms with E-state index in [1.54, 1.807) is 7.05 Å². The first-order valence-electron chi connectivity index (χ1n) is 2.12. The van der Waals surface area contributed by atoms with Crippen molar-refractivity contribution in [2.75, 3.05) is 0 Å². The van der Waals surface area contributed by atoms with E-state index in [1.165, 1.54) is 4.80 Å². The molecule has 0 aliphatic heterocycles. The Morgan fingerprint density at radius 3 is 2.75 bits per heavy atom. The average molecular weight is 133 g/mol. The molecule has 0 bridgehead atoms. The fourth-order valence-electron chi connectivity index (χ4n) is 0.377. The summed E-state index contributed by atoms with van der Waals surface area (Å²) in [4.78, 5) is 1.37. The summed E-state index contributed by atoms with van der Waals surface area (Å²) >= 11 is 5.36. The summed E-state index contributed by atoms with van der Waals surface area (Å²) in [5.74, 6) is 0.891. The summed E-state index contributed by atoms with van der Waals surface area (Å²) in [6.45, 7) is 0. The van der Waals surface area contributed by atoms with Gasteiger partial charge in [-0.3, -0.25) is 0 Å². The Kier molecular flexibility index (Phi) is 1.43. The SMILES string of the molecule is Cn1nnc(CCl)n1. The van der Waals surface area contributed by atoms with Gasteiger partial charge in [-0.15, -0.1) is 21.8 Å². The van der Waals surface area contributed by atoms with E-state index < -0.39 is 0 Å². The van der Waals surface area contributed by atoms with Crippen LogP contribution >= 0.6 is 11.6 Å². The number of tetrazole rings is 1. The molecular formula is C3H5ClN4. The van der Waals surface area contributed by atoms with Crippen molar-refractivity contribution < 1.29 is 0 Å². The Morgan fingerprint density at radius 2 is 2.50 bits per heavy atom. The highest BCUT2D eigenvalue weighted by molar-refractivity contribution is 6.16. The molecule has 0 aliphatic carbocycles. The topological polar surface area (TPSA) is 43.6 Å². The van der Waals surface area contributed by atoms with Crippen molar-refractivity contribution in [2.24, 2.45) is 7.05 Å². The normalized spacial score (nSPS) is 9.75. The van der Waals surface area contributed by atoms with Gasteiger partial charge in [0.2, 0.25) is 0 Å². The van der Waals surface area contributed by atoms with Crippen LogP contribution in [0.25, 0.3) is 0 Å². The van der Waals surface area contributed by atoms with E-state index in [-0.39, 0.29) is 0 Å². The summed E-state index contributed by atoms with van der Waals surface area (Å²) in [6.07, 6.45) is 0. The molecule has 0 radical (unpaired) electrons. The van der Waals surface area contributed by atoms with E-state index in [0.717, 1.165) is 0 Å². The van der Waals surface area contributed by atoms with E-state index in [1.807, 2.05) is 0 Å². The molecule has 5 heteroatoms. The molecule has 1 aromatic rings. The van der Waals surface area contributed by atoms with Gasteiger partial charge in [-0.2, -0.15) is 4.80 Å². The predicted octanol–water partition coefficient (Wildman–Crippen LogP) is -0.0511.